The van der Waals surface area contributed by atoms with E-state index in [1.807, 2.05) is 30.5 Å². The van der Waals surface area contributed by atoms with Gasteiger partial charge in [0.15, 0.2) is 6.61 Å². The number of rotatable bonds is 6. The summed E-state index contributed by atoms with van der Waals surface area (Å²) in [6.45, 7) is 2.85. The molecule has 1 aliphatic heterocycles. The molecular weight excluding hydrogens is 338 g/mol. The first-order chi connectivity index (χ1) is 12.1. The molecule has 25 heavy (non-hydrogen) atoms. The van der Waals surface area contributed by atoms with Crippen molar-refractivity contribution in [2.75, 3.05) is 13.2 Å². The molecule has 0 aliphatic carbocycles. The third-order valence-corrected chi connectivity index (χ3v) is 4.91. The number of carbonyl (C=O) groups excluding carboxylic acids is 2. The molecular formula is C18H21N3O3S. The molecule has 3 rings (SSSR count). The maximum absolute atomic E-state index is 12.4. The van der Waals surface area contributed by atoms with Gasteiger partial charge < -0.3 is 15.0 Å². The lowest BCUT2D eigenvalue weighted by Gasteiger charge is -2.23. The first-order valence-corrected chi connectivity index (χ1v) is 9.17. The van der Waals surface area contributed by atoms with Crippen molar-refractivity contribution >= 4 is 23.2 Å². The molecule has 1 N–H and O–H groups in total. The normalized spacial score (nSPS) is 16.7. The van der Waals surface area contributed by atoms with Crippen LogP contribution in [-0.4, -0.2) is 40.9 Å². The summed E-state index contributed by atoms with van der Waals surface area (Å²) in [5, 5.41) is 5.79. The second-order valence-electron chi connectivity index (χ2n) is 5.92. The molecule has 132 valence electrons. The highest BCUT2D eigenvalue weighted by atomic mass is 32.1. The summed E-state index contributed by atoms with van der Waals surface area (Å²) in [5.74, 6) is 0.358. The van der Waals surface area contributed by atoms with Crippen molar-refractivity contribution in [2.45, 2.75) is 32.4 Å². The standard InChI is InChI=1S/C18H21N3O3S/c1-13-20-14(12-25-13)10-19-18(23)16-8-5-9-21(16)17(22)11-24-15-6-3-2-4-7-15/h2-4,6-7,12,16H,5,8-11H2,1H3,(H,19,23)/t16-/m1/s1. The maximum Gasteiger partial charge on any atom is 0.261 e. The van der Waals surface area contributed by atoms with Crippen LogP contribution in [0.3, 0.4) is 0 Å². The Morgan fingerprint density at radius 3 is 2.88 bits per heavy atom. The molecule has 0 spiro atoms. The predicted molar refractivity (Wildman–Crippen MR) is 95.4 cm³/mol. The number of para-hydroxylation sites is 1. The van der Waals surface area contributed by atoms with E-state index in [2.05, 4.69) is 10.3 Å². The van der Waals surface area contributed by atoms with Crippen LogP contribution in [0.1, 0.15) is 23.5 Å². The van der Waals surface area contributed by atoms with Gasteiger partial charge in [-0.1, -0.05) is 18.2 Å². The van der Waals surface area contributed by atoms with Crippen molar-refractivity contribution in [1.82, 2.24) is 15.2 Å². The molecule has 2 aromatic rings. The summed E-state index contributed by atoms with van der Waals surface area (Å²) in [6.07, 6.45) is 1.50. The van der Waals surface area contributed by atoms with Gasteiger partial charge in [0.1, 0.15) is 11.8 Å². The summed E-state index contributed by atoms with van der Waals surface area (Å²) < 4.78 is 5.51. The van der Waals surface area contributed by atoms with E-state index >= 15 is 0 Å². The molecule has 0 bridgehead atoms. The SMILES string of the molecule is Cc1nc(CNC(=O)[C@H]2CCCN2C(=O)COc2ccccc2)cs1. The van der Waals surface area contributed by atoms with E-state index in [1.165, 1.54) is 0 Å². The van der Waals surface area contributed by atoms with Crippen molar-refractivity contribution in [3.05, 3.63) is 46.4 Å². The fourth-order valence-corrected chi connectivity index (χ4v) is 3.48. The van der Waals surface area contributed by atoms with Crippen molar-refractivity contribution in [1.29, 1.82) is 0 Å². The van der Waals surface area contributed by atoms with E-state index < -0.39 is 6.04 Å². The lowest BCUT2D eigenvalue weighted by atomic mass is 10.2. The van der Waals surface area contributed by atoms with Gasteiger partial charge in [-0.15, -0.1) is 11.3 Å². The Bertz CT molecular complexity index is 732. The first kappa shape index (κ1) is 17.4. The third-order valence-electron chi connectivity index (χ3n) is 4.09. The Labute approximate surface area is 150 Å². The second kappa shape index (κ2) is 8.11. The first-order valence-electron chi connectivity index (χ1n) is 8.29. The molecule has 0 radical (unpaired) electrons. The predicted octanol–water partition coefficient (Wildman–Crippen LogP) is 2.14. The molecule has 1 atom stereocenters. The van der Waals surface area contributed by atoms with Crippen LogP contribution in [0.5, 0.6) is 5.75 Å². The Balaban J connectivity index is 1.52. The Kier molecular flexibility index (Phi) is 5.65. The number of likely N-dealkylation sites (tertiary alicyclic amines) is 1. The number of nitrogens with one attached hydrogen (secondary N) is 1. The summed E-state index contributed by atoms with van der Waals surface area (Å²) >= 11 is 1.55. The number of amides is 2. The highest BCUT2D eigenvalue weighted by molar-refractivity contribution is 7.09. The quantitative estimate of drug-likeness (QED) is 0.858. The topological polar surface area (TPSA) is 71.5 Å². The second-order valence-corrected chi connectivity index (χ2v) is 6.98. The lowest BCUT2D eigenvalue weighted by molar-refractivity contribution is -0.140. The lowest BCUT2D eigenvalue weighted by Crippen LogP contribution is -2.47. The highest BCUT2D eigenvalue weighted by Gasteiger charge is 2.34. The monoisotopic (exact) mass is 359 g/mol. The summed E-state index contributed by atoms with van der Waals surface area (Å²) in [5.41, 5.74) is 0.846. The van der Waals surface area contributed by atoms with E-state index in [1.54, 1.807) is 28.4 Å². The van der Waals surface area contributed by atoms with Crippen LogP contribution in [-0.2, 0) is 16.1 Å². The smallest absolute Gasteiger partial charge is 0.261 e. The molecule has 0 saturated carbocycles. The number of hydrogen-bond acceptors (Lipinski definition) is 5. The molecule has 1 aromatic heterocycles. The van der Waals surface area contributed by atoms with E-state index in [9.17, 15) is 9.59 Å². The van der Waals surface area contributed by atoms with Crippen LogP contribution in [0.15, 0.2) is 35.7 Å². The van der Waals surface area contributed by atoms with Gasteiger partial charge in [-0.3, -0.25) is 9.59 Å². The molecule has 1 aromatic carbocycles. The minimum absolute atomic E-state index is 0.0565. The number of carbonyl (C=O) groups is 2. The average Bonchev–Trinajstić information content (AvgIpc) is 3.27. The molecule has 2 heterocycles. The third kappa shape index (κ3) is 4.57. The minimum atomic E-state index is -0.424. The van der Waals surface area contributed by atoms with E-state index in [4.69, 9.17) is 4.74 Å². The fourth-order valence-electron chi connectivity index (χ4n) is 2.87. The molecule has 1 saturated heterocycles. The molecule has 1 fully saturated rings. The molecule has 2 amide bonds. The summed E-state index contributed by atoms with van der Waals surface area (Å²) in [4.78, 5) is 30.8. The Morgan fingerprint density at radius 2 is 2.16 bits per heavy atom. The number of ether oxygens (including phenoxy) is 1. The summed E-state index contributed by atoms with van der Waals surface area (Å²) in [7, 11) is 0. The van der Waals surface area contributed by atoms with Gasteiger partial charge in [0.2, 0.25) is 5.91 Å². The molecule has 1 aliphatic rings. The van der Waals surface area contributed by atoms with Gasteiger partial charge >= 0.3 is 0 Å². The van der Waals surface area contributed by atoms with Crippen molar-refractivity contribution in [2.24, 2.45) is 0 Å². The van der Waals surface area contributed by atoms with Crippen molar-refractivity contribution in [3.8, 4) is 5.75 Å². The number of thiazole rings is 1. The number of aromatic nitrogens is 1. The largest absolute Gasteiger partial charge is 0.484 e. The van der Waals surface area contributed by atoms with Gasteiger partial charge in [-0.2, -0.15) is 0 Å². The van der Waals surface area contributed by atoms with E-state index in [0.717, 1.165) is 17.1 Å². The van der Waals surface area contributed by atoms with Crippen LogP contribution >= 0.6 is 11.3 Å². The zero-order valence-electron chi connectivity index (χ0n) is 14.1. The number of benzene rings is 1. The maximum atomic E-state index is 12.4. The Morgan fingerprint density at radius 1 is 1.36 bits per heavy atom. The number of nitrogens with zero attached hydrogens (tertiary/aromatic N) is 2. The highest BCUT2D eigenvalue weighted by Crippen LogP contribution is 2.18. The van der Waals surface area contributed by atoms with Crippen LogP contribution in [0.2, 0.25) is 0 Å². The van der Waals surface area contributed by atoms with E-state index in [-0.39, 0.29) is 18.4 Å². The van der Waals surface area contributed by atoms with Crippen LogP contribution in [0.25, 0.3) is 0 Å². The van der Waals surface area contributed by atoms with E-state index in [0.29, 0.717) is 25.3 Å². The molecule has 6 nitrogen and oxygen atoms in total. The van der Waals surface area contributed by atoms with Gasteiger partial charge in [-0.05, 0) is 31.9 Å². The van der Waals surface area contributed by atoms with Crippen LogP contribution in [0.4, 0.5) is 0 Å². The van der Waals surface area contributed by atoms with Gasteiger partial charge in [0.05, 0.1) is 17.2 Å². The van der Waals surface area contributed by atoms with Gasteiger partial charge in [0, 0.05) is 11.9 Å². The molecule has 0 unspecified atom stereocenters. The van der Waals surface area contributed by atoms with Crippen LogP contribution < -0.4 is 10.1 Å². The minimum Gasteiger partial charge on any atom is -0.484 e. The Hall–Kier alpha value is -2.41. The van der Waals surface area contributed by atoms with Crippen molar-refractivity contribution in [3.63, 3.8) is 0 Å². The van der Waals surface area contributed by atoms with Gasteiger partial charge in [0.25, 0.3) is 5.91 Å². The zero-order valence-corrected chi connectivity index (χ0v) is 14.9. The molecule has 7 heteroatoms. The number of hydrogen-bond donors (Lipinski definition) is 1. The fraction of sp³-hybridized carbons (Fsp3) is 0.389. The van der Waals surface area contributed by atoms with Crippen LogP contribution in [0, 0.1) is 6.92 Å². The van der Waals surface area contributed by atoms with Gasteiger partial charge in [-0.25, -0.2) is 4.98 Å². The average molecular weight is 359 g/mol. The summed E-state index contributed by atoms with van der Waals surface area (Å²) in [6, 6.07) is 8.78. The number of aryl methyl sites for hydroxylation is 1. The zero-order chi connectivity index (χ0) is 17.6. The van der Waals surface area contributed by atoms with Crippen molar-refractivity contribution < 1.29 is 14.3 Å².